The van der Waals surface area contributed by atoms with Crippen LogP contribution in [0.2, 0.25) is 0 Å². The van der Waals surface area contributed by atoms with E-state index in [0.717, 1.165) is 62.1 Å². The molecule has 158 valence electrons. The molecule has 2 atom stereocenters. The van der Waals surface area contributed by atoms with Crippen LogP contribution in [0, 0.1) is 5.92 Å². The Labute approximate surface area is 172 Å². The van der Waals surface area contributed by atoms with E-state index < -0.39 is 0 Å². The Kier molecular flexibility index (Phi) is 5.51. The maximum atomic E-state index is 13.2. The van der Waals surface area contributed by atoms with Crippen molar-refractivity contribution in [3.8, 4) is 0 Å². The number of nitrogens with zero attached hydrogens (tertiary/aromatic N) is 4. The molecule has 0 unspecified atom stereocenters. The zero-order valence-electron chi connectivity index (χ0n) is 18.1. The topological polar surface area (TPSA) is 73.7 Å². The summed E-state index contributed by atoms with van der Waals surface area (Å²) in [6.45, 7) is 10.7. The number of rotatable bonds is 4. The number of H-pyrrole nitrogens is 1. The second-order valence-electron chi connectivity index (χ2n) is 8.91. The molecule has 1 saturated heterocycles. The van der Waals surface area contributed by atoms with Crippen LogP contribution in [0.3, 0.4) is 0 Å². The van der Waals surface area contributed by atoms with Gasteiger partial charge < -0.3 is 4.90 Å². The molecule has 7 heteroatoms. The predicted molar refractivity (Wildman–Crippen MR) is 113 cm³/mol. The van der Waals surface area contributed by atoms with Gasteiger partial charge in [0.2, 0.25) is 5.91 Å². The normalized spacial score (nSPS) is 21.6. The van der Waals surface area contributed by atoms with E-state index in [1.165, 1.54) is 0 Å². The summed E-state index contributed by atoms with van der Waals surface area (Å²) >= 11 is 0. The first-order chi connectivity index (χ1) is 13.9. The van der Waals surface area contributed by atoms with Gasteiger partial charge in [0.05, 0.1) is 23.0 Å². The number of aromatic nitrogens is 3. The molecule has 4 heterocycles. The zero-order chi connectivity index (χ0) is 20.7. The molecule has 29 heavy (non-hydrogen) atoms. The Morgan fingerprint density at radius 1 is 1.28 bits per heavy atom. The van der Waals surface area contributed by atoms with E-state index in [1.807, 2.05) is 17.9 Å². The van der Waals surface area contributed by atoms with Gasteiger partial charge >= 0.3 is 0 Å². The summed E-state index contributed by atoms with van der Waals surface area (Å²) in [5, 5.41) is 3.30. The Bertz CT molecular complexity index is 960. The van der Waals surface area contributed by atoms with Gasteiger partial charge in [0.25, 0.3) is 5.56 Å². The van der Waals surface area contributed by atoms with Crippen molar-refractivity contribution >= 4 is 11.6 Å². The molecule has 2 aliphatic heterocycles. The molecule has 2 aromatic heterocycles. The van der Waals surface area contributed by atoms with Gasteiger partial charge in [-0.05, 0) is 39.5 Å². The first kappa shape index (κ1) is 20.1. The molecule has 2 aliphatic rings. The van der Waals surface area contributed by atoms with Crippen molar-refractivity contribution in [1.82, 2.24) is 24.4 Å². The highest BCUT2D eigenvalue weighted by molar-refractivity contribution is 5.79. The molecule has 0 aliphatic carbocycles. The Balaban J connectivity index is 1.71. The molecular weight excluding hydrogens is 366 g/mol. The fourth-order valence-corrected chi connectivity index (χ4v) is 4.61. The van der Waals surface area contributed by atoms with Crippen LogP contribution in [0.4, 0.5) is 0 Å². The maximum Gasteiger partial charge on any atom is 0.277 e. The number of piperidine rings is 1. The van der Waals surface area contributed by atoms with Crippen molar-refractivity contribution in [2.24, 2.45) is 5.92 Å². The van der Waals surface area contributed by atoms with Crippen molar-refractivity contribution in [2.75, 3.05) is 13.1 Å². The Morgan fingerprint density at radius 2 is 2.07 bits per heavy atom. The van der Waals surface area contributed by atoms with Crippen molar-refractivity contribution < 1.29 is 4.79 Å². The summed E-state index contributed by atoms with van der Waals surface area (Å²) in [7, 11) is 0. The highest BCUT2D eigenvalue weighted by Crippen LogP contribution is 2.32. The van der Waals surface area contributed by atoms with Gasteiger partial charge in [-0.2, -0.15) is 0 Å². The summed E-state index contributed by atoms with van der Waals surface area (Å²) in [4.78, 5) is 35.2. The van der Waals surface area contributed by atoms with Crippen LogP contribution in [-0.2, 0) is 17.8 Å². The number of carbonyl (C=O) groups is 1. The van der Waals surface area contributed by atoms with Crippen LogP contribution in [0.1, 0.15) is 76.4 Å². The highest BCUT2D eigenvalue weighted by Gasteiger charge is 2.32. The fourth-order valence-electron chi connectivity index (χ4n) is 4.61. The van der Waals surface area contributed by atoms with Gasteiger partial charge in [-0.3, -0.25) is 19.6 Å². The number of hydrogen-bond acceptors (Lipinski definition) is 4. The molecular formula is C22H33N5O2. The molecule has 0 saturated carbocycles. The molecule has 1 N–H and O–H groups in total. The maximum absolute atomic E-state index is 13.2. The van der Waals surface area contributed by atoms with Gasteiger partial charge in [0, 0.05) is 44.1 Å². The predicted octanol–water partition coefficient (Wildman–Crippen LogP) is 2.89. The van der Waals surface area contributed by atoms with Crippen molar-refractivity contribution in [1.29, 1.82) is 0 Å². The second kappa shape index (κ2) is 7.94. The monoisotopic (exact) mass is 399 g/mol. The van der Waals surface area contributed by atoms with Crippen LogP contribution in [0.25, 0.3) is 5.65 Å². The van der Waals surface area contributed by atoms with Crippen molar-refractivity contribution in [3.63, 3.8) is 0 Å². The van der Waals surface area contributed by atoms with Crippen molar-refractivity contribution in [3.05, 3.63) is 33.4 Å². The van der Waals surface area contributed by atoms with Gasteiger partial charge in [-0.25, -0.2) is 9.50 Å². The van der Waals surface area contributed by atoms with E-state index in [0.29, 0.717) is 18.2 Å². The molecule has 7 nitrogen and oxygen atoms in total. The largest absolute Gasteiger partial charge is 0.334 e. The quantitative estimate of drug-likeness (QED) is 0.858. The minimum absolute atomic E-state index is 0.00258. The number of amides is 1. The van der Waals surface area contributed by atoms with E-state index >= 15 is 0 Å². The average Bonchev–Trinajstić information content (AvgIpc) is 3.16. The lowest BCUT2D eigenvalue weighted by atomic mass is 9.96. The lowest BCUT2D eigenvalue weighted by molar-refractivity contribution is -0.139. The van der Waals surface area contributed by atoms with E-state index in [1.54, 1.807) is 4.52 Å². The Morgan fingerprint density at radius 3 is 2.79 bits per heavy atom. The number of carbonyl (C=O) groups excluding carboxylic acids is 1. The molecule has 0 bridgehead atoms. The number of likely N-dealkylation sites (tertiary alicyclic amines) is 1. The van der Waals surface area contributed by atoms with Crippen LogP contribution in [0.15, 0.2) is 10.9 Å². The van der Waals surface area contributed by atoms with E-state index in [2.05, 4.69) is 30.8 Å². The van der Waals surface area contributed by atoms with Crippen LogP contribution < -0.4 is 5.56 Å². The number of hydrogen-bond donors (Lipinski definition) is 1. The van der Waals surface area contributed by atoms with Crippen LogP contribution in [-0.4, -0.2) is 49.4 Å². The van der Waals surface area contributed by atoms with Crippen molar-refractivity contribution in [2.45, 2.75) is 78.4 Å². The molecule has 1 amide bonds. The van der Waals surface area contributed by atoms with Gasteiger partial charge in [0.1, 0.15) is 0 Å². The zero-order valence-corrected chi connectivity index (χ0v) is 18.1. The van der Waals surface area contributed by atoms with Gasteiger partial charge in [0.15, 0.2) is 5.65 Å². The van der Waals surface area contributed by atoms with E-state index in [9.17, 15) is 9.59 Å². The van der Waals surface area contributed by atoms with Gasteiger partial charge in [-0.1, -0.05) is 13.8 Å². The highest BCUT2D eigenvalue weighted by atomic mass is 16.2. The van der Waals surface area contributed by atoms with E-state index in [-0.39, 0.29) is 23.4 Å². The number of nitrogens with one attached hydrogen (secondary N) is 1. The van der Waals surface area contributed by atoms with Crippen LogP contribution >= 0.6 is 0 Å². The Hall–Kier alpha value is -2.15. The molecule has 0 radical (unpaired) electrons. The fraction of sp³-hybridized carbons (Fsp3) is 0.682. The molecule has 0 aromatic carbocycles. The third-order valence-corrected chi connectivity index (χ3v) is 6.72. The summed E-state index contributed by atoms with van der Waals surface area (Å²) in [6, 6.07) is 2.38. The number of aromatic amines is 1. The molecule has 4 rings (SSSR count). The minimum atomic E-state index is -0.00413. The first-order valence-corrected chi connectivity index (χ1v) is 11.1. The molecule has 1 fully saturated rings. The number of fused-ring (bicyclic) bond motifs is 2. The summed E-state index contributed by atoms with van der Waals surface area (Å²) in [5.41, 5.74) is 3.31. The van der Waals surface area contributed by atoms with E-state index in [4.69, 9.17) is 4.98 Å². The third kappa shape index (κ3) is 3.61. The SMILES string of the molecule is CC[C@H](C)C(=O)N1CCCC[C@H]1c1cc2nc3c(c(=O)n2[nH]1)CN(C(C)C)CC3. The summed E-state index contributed by atoms with van der Waals surface area (Å²) < 4.78 is 1.58. The average molecular weight is 400 g/mol. The first-order valence-electron chi connectivity index (χ1n) is 11.1. The lowest BCUT2D eigenvalue weighted by Gasteiger charge is -2.36. The minimum Gasteiger partial charge on any atom is -0.334 e. The lowest BCUT2D eigenvalue weighted by Crippen LogP contribution is -2.41. The molecule has 0 spiro atoms. The third-order valence-electron chi connectivity index (χ3n) is 6.72. The smallest absolute Gasteiger partial charge is 0.277 e. The van der Waals surface area contributed by atoms with Crippen LogP contribution in [0.5, 0.6) is 0 Å². The standard InChI is InChI=1S/C22H33N5O2/c1-5-15(4)21(28)26-10-7-6-8-19(26)18-12-20-23-17-9-11-25(14(2)3)13-16(17)22(29)27(20)24-18/h12,14-15,19,24H,5-11,13H2,1-4H3/t15-,19-/m0/s1. The van der Waals surface area contributed by atoms with Gasteiger partial charge in [-0.15, -0.1) is 0 Å². The second-order valence-corrected chi connectivity index (χ2v) is 8.91. The summed E-state index contributed by atoms with van der Waals surface area (Å²) in [6.07, 6.45) is 4.70. The molecule has 2 aromatic rings. The summed E-state index contributed by atoms with van der Waals surface area (Å²) in [5.74, 6) is 0.234.